The highest BCUT2D eigenvalue weighted by Gasteiger charge is 2.12. The van der Waals surface area contributed by atoms with Gasteiger partial charge in [0, 0.05) is 11.4 Å². The maximum atomic E-state index is 9.72. The van der Waals surface area contributed by atoms with E-state index in [1.54, 1.807) is 12.1 Å². The molecule has 1 heterocycles. The Morgan fingerprint density at radius 3 is 2.94 bits per heavy atom. The molecule has 0 unspecified atom stereocenters. The van der Waals surface area contributed by atoms with Crippen LogP contribution in [0, 0.1) is 0 Å². The molecule has 0 bridgehead atoms. The van der Waals surface area contributed by atoms with Gasteiger partial charge in [-0.2, -0.15) is 4.98 Å². The molecule has 2 aromatic rings. The van der Waals surface area contributed by atoms with Crippen molar-refractivity contribution in [3.05, 3.63) is 29.0 Å². The molecular formula is C12H13ClN2O2. The molecule has 0 fully saturated rings. The Hall–Kier alpha value is -1.55. The van der Waals surface area contributed by atoms with Gasteiger partial charge in [-0.3, -0.25) is 0 Å². The second-order valence-corrected chi connectivity index (χ2v) is 4.22. The molecule has 0 aliphatic rings. The van der Waals surface area contributed by atoms with Gasteiger partial charge < -0.3 is 9.63 Å². The number of aryl methyl sites for hydroxylation is 1. The van der Waals surface area contributed by atoms with Crippen LogP contribution in [0.2, 0.25) is 5.02 Å². The minimum atomic E-state index is 0.0446. The van der Waals surface area contributed by atoms with E-state index in [1.807, 2.05) is 0 Å². The Balaban J connectivity index is 2.24. The molecule has 1 N–H and O–H groups in total. The molecular weight excluding hydrogens is 240 g/mol. The van der Waals surface area contributed by atoms with E-state index in [2.05, 4.69) is 17.1 Å². The fourth-order valence-corrected chi connectivity index (χ4v) is 1.65. The molecule has 1 aromatic heterocycles. The number of phenols is 1. The highest BCUT2D eigenvalue weighted by molar-refractivity contribution is 6.30. The third kappa shape index (κ3) is 2.77. The first-order valence-electron chi connectivity index (χ1n) is 5.52. The van der Waals surface area contributed by atoms with Gasteiger partial charge in [-0.25, -0.2) is 0 Å². The zero-order chi connectivity index (χ0) is 12.3. The Morgan fingerprint density at radius 2 is 2.24 bits per heavy atom. The van der Waals surface area contributed by atoms with Gasteiger partial charge in [-0.15, -0.1) is 0 Å². The monoisotopic (exact) mass is 252 g/mol. The molecule has 0 spiro atoms. The Labute approximate surface area is 104 Å². The van der Waals surface area contributed by atoms with Crippen LogP contribution in [0.25, 0.3) is 11.5 Å². The number of aromatic hydroxyl groups is 1. The Bertz CT molecular complexity index is 511. The second-order valence-electron chi connectivity index (χ2n) is 3.78. The molecule has 0 saturated heterocycles. The topological polar surface area (TPSA) is 59.2 Å². The van der Waals surface area contributed by atoms with Gasteiger partial charge in [0.05, 0.1) is 5.56 Å². The molecule has 17 heavy (non-hydrogen) atoms. The largest absolute Gasteiger partial charge is 0.507 e. The first-order chi connectivity index (χ1) is 8.20. The molecule has 0 atom stereocenters. The van der Waals surface area contributed by atoms with E-state index in [0.29, 0.717) is 22.3 Å². The van der Waals surface area contributed by atoms with Crippen LogP contribution in [0.3, 0.4) is 0 Å². The van der Waals surface area contributed by atoms with E-state index >= 15 is 0 Å². The molecule has 0 aliphatic carbocycles. The molecule has 0 amide bonds. The average Bonchev–Trinajstić information content (AvgIpc) is 2.75. The zero-order valence-electron chi connectivity index (χ0n) is 9.48. The summed E-state index contributed by atoms with van der Waals surface area (Å²) >= 11 is 5.75. The fraction of sp³-hybridized carbons (Fsp3) is 0.333. The molecule has 0 radical (unpaired) electrons. The molecule has 0 saturated carbocycles. The van der Waals surface area contributed by atoms with Crippen LogP contribution in [-0.2, 0) is 6.42 Å². The van der Waals surface area contributed by atoms with Crippen molar-refractivity contribution in [2.24, 2.45) is 0 Å². The Morgan fingerprint density at radius 1 is 1.41 bits per heavy atom. The highest BCUT2D eigenvalue weighted by atomic mass is 35.5. The SMILES string of the molecule is CCCCc1noc(-c2ccc(Cl)cc2O)n1. The van der Waals surface area contributed by atoms with Crippen LogP contribution < -0.4 is 0 Å². The lowest BCUT2D eigenvalue weighted by Crippen LogP contribution is -1.87. The van der Waals surface area contributed by atoms with Gasteiger partial charge in [0.1, 0.15) is 5.75 Å². The summed E-state index contributed by atoms with van der Waals surface area (Å²) in [5, 5.41) is 14.1. The van der Waals surface area contributed by atoms with Gasteiger partial charge in [0.15, 0.2) is 5.82 Å². The molecule has 4 nitrogen and oxygen atoms in total. The summed E-state index contributed by atoms with van der Waals surface area (Å²) in [5.74, 6) is 1.03. The third-order valence-corrected chi connectivity index (χ3v) is 2.65. The second kappa shape index (κ2) is 5.19. The quantitative estimate of drug-likeness (QED) is 0.906. The van der Waals surface area contributed by atoms with Crippen molar-refractivity contribution in [1.82, 2.24) is 10.1 Å². The van der Waals surface area contributed by atoms with Crippen molar-refractivity contribution in [1.29, 1.82) is 0 Å². The van der Waals surface area contributed by atoms with Gasteiger partial charge >= 0.3 is 0 Å². The zero-order valence-corrected chi connectivity index (χ0v) is 10.2. The van der Waals surface area contributed by atoms with Crippen LogP contribution in [0.15, 0.2) is 22.7 Å². The maximum Gasteiger partial charge on any atom is 0.261 e. The number of benzene rings is 1. The number of halogens is 1. The van der Waals surface area contributed by atoms with E-state index in [4.69, 9.17) is 16.1 Å². The maximum absolute atomic E-state index is 9.72. The summed E-state index contributed by atoms with van der Waals surface area (Å²) in [5.41, 5.74) is 0.504. The first kappa shape index (κ1) is 11.9. The molecule has 1 aromatic carbocycles. The normalized spacial score (nSPS) is 10.7. The van der Waals surface area contributed by atoms with E-state index in [0.717, 1.165) is 19.3 Å². The summed E-state index contributed by atoms with van der Waals surface area (Å²) < 4.78 is 5.10. The third-order valence-electron chi connectivity index (χ3n) is 2.41. The highest BCUT2D eigenvalue weighted by Crippen LogP contribution is 2.30. The van der Waals surface area contributed by atoms with E-state index < -0.39 is 0 Å². The van der Waals surface area contributed by atoms with E-state index in [9.17, 15) is 5.11 Å². The lowest BCUT2D eigenvalue weighted by atomic mass is 10.2. The standard InChI is InChI=1S/C12H13ClN2O2/c1-2-3-4-11-14-12(17-15-11)9-6-5-8(13)7-10(9)16/h5-7,16H,2-4H2,1H3. The molecule has 5 heteroatoms. The minimum absolute atomic E-state index is 0.0446. The van der Waals surface area contributed by atoms with Gasteiger partial charge in [-0.1, -0.05) is 30.1 Å². The van der Waals surface area contributed by atoms with Crippen molar-refractivity contribution in [2.45, 2.75) is 26.2 Å². The number of rotatable bonds is 4. The number of hydrogen-bond donors (Lipinski definition) is 1. The van der Waals surface area contributed by atoms with Gasteiger partial charge in [-0.05, 0) is 24.6 Å². The van der Waals surface area contributed by atoms with Crippen molar-refractivity contribution < 1.29 is 9.63 Å². The molecule has 90 valence electrons. The number of hydrogen-bond acceptors (Lipinski definition) is 4. The summed E-state index contributed by atoms with van der Waals surface area (Å²) in [6.07, 6.45) is 2.88. The Kier molecular flexibility index (Phi) is 3.64. The van der Waals surface area contributed by atoms with Gasteiger partial charge in [0.25, 0.3) is 5.89 Å². The smallest absolute Gasteiger partial charge is 0.261 e. The first-order valence-corrected chi connectivity index (χ1v) is 5.90. The fourth-order valence-electron chi connectivity index (χ4n) is 1.49. The van der Waals surface area contributed by atoms with Gasteiger partial charge in [0.2, 0.25) is 0 Å². The average molecular weight is 253 g/mol. The van der Waals surface area contributed by atoms with Crippen molar-refractivity contribution in [3.63, 3.8) is 0 Å². The number of unbranched alkanes of at least 4 members (excludes halogenated alkanes) is 1. The van der Waals surface area contributed by atoms with Crippen LogP contribution in [-0.4, -0.2) is 15.2 Å². The van der Waals surface area contributed by atoms with E-state index in [-0.39, 0.29) is 5.75 Å². The lowest BCUT2D eigenvalue weighted by Gasteiger charge is -1.98. The van der Waals surface area contributed by atoms with Crippen molar-refractivity contribution in [2.75, 3.05) is 0 Å². The summed E-state index contributed by atoms with van der Waals surface area (Å²) in [4.78, 5) is 4.23. The molecule has 0 aliphatic heterocycles. The summed E-state index contributed by atoms with van der Waals surface area (Å²) in [6, 6.07) is 4.79. The number of phenolic OH excluding ortho intramolecular Hbond substituents is 1. The summed E-state index contributed by atoms with van der Waals surface area (Å²) in [6.45, 7) is 2.10. The van der Waals surface area contributed by atoms with Crippen LogP contribution in [0.1, 0.15) is 25.6 Å². The van der Waals surface area contributed by atoms with Crippen LogP contribution in [0.4, 0.5) is 0 Å². The van der Waals surface area contributed by atoms with Crippen molar-refractivity contribution in [3.8, 4) is 17.2 Å². The van der Waals surface area contributed by atoms with Crippen LogP contribution >= 0.6 is 11.6 Å². The lowest BCUT2D eigenvalue weighted by molar-refractivity contribution is 0.416. The molecule has 2 rings (SSSR count). The predicted molar refractivity (Wildman–Crippen MR) is 65.0 cm³/mol. The van der Waals surface area contributed by atoms with Crippen LogP contribution in [0.5, 0.6) is 5.75 Å². The number of nitrogens with zero attached hydrogens (tertiary/aromatic N) is 2. The number of aromatic nitrogens is 2. The van der Waals surface area contributed by atoms with E-state index in [1.165, 1.54) is 6.07 Å². The minimum Gasteiger partial charge on any atom is -0.507 e. The predicted octanol–water partition coefficient (Wildman–Crippen LogP) is 3.44. The summed E-state index contributed by atoms with van der Waals surface area (Å²) in [7, 11) is 0. The van der Waals surface area contributed by atoms with Crippen molar-refractivity contribution >= 4 is 11.6 Å².